The number of likely N-dealkylation sites (N-methyl/N-ethyl adjacent to an activating group) is 1. The predicted octanol–water partition coefficient (Wildman–Crippen LogP) is 0.852. The fraction of sp³-hybridized carbons (Fsp3) is 1.00. The molecule has 0 aromatic rings. The Bertz CT molecular complexity index is 105. The van der Waals surface area contributed by atoms with Gasteiger partial charge < -0.3 is 10.0 Å². The number of aliphatic hydroxyl groups excluding tert-OH is 1. The van der Waals surface area contributed by atoms with Crippen molar-refractivity contribution in [2.75, 3.05) is 13.6 Å². The highest BCUT2D eigenvalue weighted by Crippen LogP contribution is 2.22. The molecule has 0 spiro atoms. The molecule has 2 atom stereocenters. The lowest BCUT2D eigenvalue weighted by Gasteiger charge is -2.25. The highest BCUT2D eigenvalue weighted by atomic mass is 16.3. The molecule has 0 unspecified atom stereocenters. The van der Waals surface area contributed by atoms with Crippen LogP contribution in [0, 0.1) is 0 Å². The van der Waals surface area contributed by atoms with E-state index in [4.69, 9.17) is 0 Å². The van der Waals surface area contributed by atoms with Gasteiger partial charge in [-0.05, 0) is 32.9 Å². The van der Waals surface area contributed by atoms with Gasteiger partial charge >= 0.3 is 0 Å². The van der Waals surface area contributed by atoms with E-state index < -0.39 is 0 Å². The second kappa shape index (κ2) is 3.35. The molecule has 0 aliphatic heterocycles. The van der Waals surface area contributed by atoms with Gasteiger partial charge in [0.1, 0.15) is 0 Å². The zero-order valence-corrected chi connectivity index (χ0v) is 6.88. The predicted molar refractivity (Wildman–Crippen MR) is 41.9 cm³/mol. The van der Waals surface area contributed by atoms with Crippen LogP contribution in [0.5, 0.6) is 0 Å². The Labute approximate surface area is 62.8 Å². The molecule has 0 heterocycles. The maximum Gasteiger partial charge on any atom is 0.0695 e. The first-order valence-electron chi connectivity index (χ1n) is 4.14. The van der Waals surface area contributed by atoms with Crippen molar-refractivity contribution in [1.29, 1.82) is 0 Å². The summed E-state index contributed by atoms with van der Waals surface area (Å²) in [5.74, 6) is 0. The van der Waals surface area contributed by atoms with Crippen molar-refractivity contribution >= 4 is 0 Å². The van der Waals surface area contributed by atoms with E-state index in [9.17, 15) is 5.11 Å². The molecule has 0 saturated heterocycles. The third-order valence-corrected chi connectivity index (χ3v) is 2.51. The highest BCUT2D eigenvalue weighted by Gasteiger charge is 2.27. The van der Waals surface area contributed by atoms with Gasteiger partial charge in [0.05, 0.1) is 6.10 Å². The van der Waals surface area contributed by atoms with E-state index in [2.05, 4.69) is 18.9 Å². The summed E-state index contributed by atoms with van der Waals surface area (Å²) in [5, 5.41) is 9.45. The summed E-state index contributed by atoms with van der Waals surface area (Å²) in [6.07, 6.45) is 3.29. The van der Waals surface area contributed by atoms with Crippen LogP contribution in [-0.2, 0) is 0 Å². The monoisotopic (exact) mass is 143 g/mol. The van der Waals surface area contributed by atoms with Crippen LogP contribution in [0.15, 0.2) is 0 Å². The normalized spacial score (nSPS) is 33.6. The van der Waals surface area contributed by atoms with E-state index in [1.807, 2.05) is 0 Å². The summed E-state index contributed by atoms with van der Waals surface area (Å²) in [4.78, 5) is 2.23. The van der Waals surface area contributed by atoms with Gasteiger partial charge in [0.25, 0.3) is 0 Å². The molecule has 1 aliphatic rings. The molecular weight excluding hydrogens is 126 g/mol. The quantitative estimate of drug-likeness (QED) is 0.619. The number of hydrogen-bond acceptors (Lipinski definition) is 2. The molecule has 1 fully saturated rings. The third-order valence-electron chi connectivity index (χ3n) is 2.51. The minimum Gasteiger partial charge on any atom is -0.391 e. The Morgan fingerprint density at radius 3 is 2.60 bits per heavy atom. The van der Waals surface area contributed by atoms with Crippen molar-refractivity contribution in [3.63, 3.8) is 0 Å². The number of rotatable bonds is 2. The van der Waals surface area contributed by atoms with E-state index in [0.717, 1.165) is 13.0 Å². The minimum atomic E-state index is -0.0649. The summed E-state index contributed by atoms with van der Waals surface area (Å²) in [5.41, 5.74) is 0. The lowest BCUT2D eigenvalue weighted by Crippen LogP contribution is -2.37. The summed E-state index contributed by atoms with van der Waals surface area (Å²) in [6.45, 7) is 3.17. The van der Waals surface area contributed by atoms with Gasteiger partial charge in [-0.3, -0.25) is 0 Å². The molecule has 10 heavy (non-hydrogen) atoms. The van der Waals surface area contributed by atoms with Crippen LogP contribution in [0.25, 0.3) is 0 Å². The Kier molecular flexibility index (Phi) is 2.69. The van der Waals surface area contributed by atoms with E-state index in [0.29, 0.717) is 6.04 Å². The fourth-order valence-electron chi connectivity index (χ4n) is 1.67. The lowest BCUT2D eigenvalue weighted by atomic mass is 10.2. The standard InChI is InChI=1S/C8H17NO/c1-3-9(2)7-5-4-6-8(7)10/h7-8,10H,3-6H2,1-2H3/t7-,8-/m1/s1. The highest BCUT2D eigenvalue weighted by molar-refractivity contribution is 4.82. The summed E-state index contributed by atoms with van der Waals surface area (Å²) >= 11 is 0. The molecule has 60 valence electrons. The van der Waals surface area contributed by atoms with Crippen LogP contribution >= 0.6 is 0 Å². The van der Waals surface area contributed by atoms with Crippen molar-refractivity contribution in [2.45, 2.75) is 38.3 Å². The molecule has 0 aromatic carbocycles. The SMILES string of the molecule is CCN(C)[C@@H]1CCC[C@H]1O. The minimum absolute atomic E-state index is 0.0649. The van der Waals surface area contributed by atoms with Crippen molar-refractivity contribution < 1.29 is 5.11 Å². The van der Waals surface area contributed by atoms with E-state index in [1.165, 1.54) is 12.8 Å². The molecule has 1 N–H and O–H groups in total. The van der Waals surface area contributed by atoms with Crippen LogP contribution in [0.3, 0.4) is 0 Å². The van der Waals surface area contributed by atoms with Crippen LogP contribution in [0.1, 0.15) is 26.2 Å². The van der Waals surface area contributed by atoms with Gasteiger partial charge in [0.15, 0.2) is 0 Å². The Morgan fingerprint density at radius 1 is 1.50 bits per heavy atom. The van der Waals surface area contributed by atoms with E-state index >= 15 is 0 Å². The molecule has 0 radical (unpaired) electrons. The largest absolute Gasteiger partial charge is 0.391 e. The molecule has 1 rings (SSSR count). The van der Waals surface area contributed by atoms with E-state index in [-0.39, 0.29) is 6.10 Å². The molecule has 2 heteroatoms. The lowest BCUT2D eigenvalue weighted by molar-refractivity contribution is 0.0894. The Balaban J connectivity index is 2.38. The zero-order chi connectivity index (χ0) is 7.56. The first kappa shape index (κ1) is 8.02. The van der Waals surface area contributed by atoms with Crippen LogP contribution in [0.4, 0.5) is 0 Å². The maximum atomic E-state index is 9.45. The first-order chi connectivity index (χ1) is 4.75. The smallest absolute Gasteiger partial charge is 0.0695 e. The number of nitrogens with zero attached hydrogens (tertiary/aromatic N) is 1. The van der Waals surface area contributed by atoms with Crippen molar-refractivity contribution in [3.05, 3.63) is 0 Å². The van der Waals surface area contributed by atoms with Crippen molar-refractivity contribution in [3.8, 4) is 0 Å². The van der Waals surface area contributed by atoms with Crippen molar-refractivity contribution in [2.24, 2.45) is 0 Å². The summed E-state index contributed by atoms with van der Waals surface area (Å²) in [7, 11) is 2.08. The topological polar surface area (TPSA) is 23.5 Å². The van der Waals surface area contributed by atoms with E-state index in [1.54, 1.807) is 0 Å². The Morgan fingerprint density at radius 2 is 2.20 bits per heavy atom. The maximum absolute atomic E-state index is 9.45. The summed E-state index contributed by atoms with van der Waals surface area (Å²) in [6, 6.07) is 0.435. The summed E-state index contributed by atoms with van der Waals surface area (Å²) < 4.78 is 0. The van der Waals surface area contributed by atoms with Crippen molar-refractivity contribution in [1.82, 2.24) is 4.90 Å². The van der Waals surface area contributed by atoms with Gasteiger partial charge in [0.2, 0.25) is 0 Å². The third kappa shape index (κ3) is 1.50. The fourth-order valence-corrected chi connectivity index (χ4v) is 1.67. The molecule has 1 saturated carbocycles. The van der Waals surface area contributed by atoms with Gasteiger partial charge in [-0.25, -0.2) is 0 Å². The average Bonchev–Trinajstić information content (AvgIpc) is 2.34. The molecule has 1 aliphatic carbocycles. The molecule has 0 amide bonds. The Hall–Kier alpha value is -0.0800. The average molecular weight is 143 g/mol. The zero-order valence-electron chi connectivity index (χ0n) is 6.88. The first-order valence-corrected chi connectivity index (χ1v) is 4.14. The van der Waals surface area contributed by atoms with Crippen LogP contribution in [0.2, 0.25) is 0 Å². The van der Waals surface area contributed by atoms with Gasteiger partial charge in [-0.15, -0.1) is 0 Å². The van der Waals surface area contributed by atoms with Gasteiger partial charge in [0, 0.05) is 6.04 Å². The van der Waals surface area contributed by atoms with Gasteiger partial charge in [-0.2, -0.15) is 0 Å². The molecule has 2 nitrogen and oxygen atoms in total. The molecule has 0 aromatic heterocycles. The molecular formula is C8H17NO. The second-order valence-electron chi connectivity index (χ2n) is 3.14. The molecule has 0 bridgehead atoms. The van der Waals surface area contributed by atoms with Crippen LogP contribution < -0.4 is 0 Å². The number of hydrogen-bond donors (Lipinski definition) is 1. The second-order valence-corrected chi connectivity index (χ2v) is 3.14. The number of aliphatic hydroxyl groups is 1. The van der Waals surface area contributed by atoms with Crippen LogP contribution in [-0.4, -0.2) is 35.7 Å². The van der Waals surface area contributed by atoms with Gasteiger partial charge in [-0.1, -0.05) is 6.92 Å².